The molecule has 200 valence electrons. The zero-order valence-electron chi connectivity index (χ0n) is 21.3. The molecule has 1 saturated heterocycles. The summed E-state index contributed by atoms with van der Waals surface area (Å²) in [5.74, 6) is 0.998. The van der Waals surface area contributed by atoms with Crippen molar-refractivity contribution in [2.24, 2.45) is 0 Å². The predicted molar refractivity (Wildman–Crippen MR) is 146 cm³/mol. The molecule has 4 amide bonds. The van der Waals surface area contributed by atoms with Gasteiger partial charge in [0.25, 0.3) is 0 Å². The molecule has 0 spiro atoms. The SMILES string of the molecule is COc1cccc(CN2C(=O)N(c3cccc(Cl)c3)[C@H](N(O)C(=O)Nc3cccc(Cl)c3)C2(C)C)c1OC. The Bertz CT molecular complexity index is 1350. The summed E-state index contributed by atoms with van der Waals surface area (Å²) in [6.45, 7) is 3.65. The highest BCUT2D eigenvalue weighted by atomic mass is 35.5. The van der Waals surface area contributed by atoms with Crippen molar-refractivity contribution in [1.82, 2.24) is 9.96 Å². The molecule has 0 aliphatic carbocycles. The fourth-order valence-electron chi connectivity index (χ4n) is 4.60. The average Bonchev–Trinajstić information content (AvgIpc) is 3.08. The lowest BCUT2D eigenvalue weighted by atomic mass is 9.98. The molecule has 38 heavy (non-hydrogen) atoms. The summed E-state index contributed by atoms with van der Waals surface area (Å²) < 4.78 is 11.0. The van der Waals surface area contributed by atoms with Crippen LogP contribution in [0.2, 0.25) is 10.0 Å². The van der Waals surface area contributed by atoms with Gasteiger partial charge in [0.2, 0.25) is 0 Å². The number of hydroxylamine groups is 2. The first-order valence-electron chi connectivity index (χ1n) is 11.7. The van der Waals surface area contributed by atoms with Crippen LogP contribution in [0.4, 0.5) is 21.0 Å². The first-order valence-corrected chi connectivity index (χ1v) is 12.4. The molecule has 9 nitrogen and oxygen atoms in total. The van der Waals surface area contributed by atoms with Crippen LogP contribution in [0.25, 0.3) is 0 Å². The van der Waals surface area contributed by atoms with Crippen molar-refractivity contribution >= 4 is 46.6 Å². The average molecular weight is 559 g/mol. The maximum absolute atomic E-state index is 14.0. The predicted octanol–water partition coefficient (Wildman–Crippen LogP) is 6.48. The first kappa shape index (κ1) is 27.4. The van der Waals surface area contributed by atoms with Crippen LogP contribution in [0.3, 0.4) is 0 Å². The topological polar surface area (TPSA) is 94.6 Å². The van der Waals surface area contributed by atoms with Crippen LogP contribution in [0.15, 0.2) is 66.7 Å². The number of nitrogens with one attached hydrogen (secondary N) is 1. The highest BCUT2D eigenvalue weighted by Crippen LogP contribution is 2.41. The summed E-state index contributed by atoms with van der Waals surface area (Å²) in [6.07, 6.45) is -1.13. The van der Waals surface area contributed by atoms with Gasteiger partial charge in [-0.15, -0.1) is 0 Å². The molecule has 11 heteroatoms. The van der Waals surface area contributed by atoms with Gasteiger partial charge in [0.1, 0.15) is 0 Å². The van der Waals surface area contributed by atoms with Crippen molar-refractivity contribution in [1.29, 1.82) is 0 Å². The second-order valence-corrected chi connectivity index (χ2v) is 10.1. The van der Waals surface area contributed by atoms with Gasteiger partial charge >= 0.3 is 12.1 Å². The quantitative estimate of drug-likeness (QED) is 0.255. The Hall–Kier alpha value is -3.66. The zero-order valence-corrected chi connectivity index (χ0v) is 22.8. The van der Waals surface area contributed by atoms with Crippen LogP contribution < -0.4 is 19.7 Å². The van der Waals surface area contributed by atoms with Gasteiger partial charge in [0.05, 0.1) is 26.3 Å². The van der Waals surface area contributed by atoms with Gasteiger partial charge in [-0.1, -0.05) is 47.5 Å². The summed E-state index contributed by atoms with van der Waals surface area (Å²) in [5, 5.41) is 15.2. The fraction of sp³-hybridized carbons (Fsp3) is 0.259. The molecule has 0 saturated carbocycles. The number of ether oxygens (including phenoxy) is 2. The number of urea groups is 2. The fourth-order valence-corrected chi connectivity index (χ4v) is 4.98. The van der Waals surface area contributed by atoms with Crippen LogP contribution in [-0.4, -0.2) is 53.2 Å². The summed E-state index contributed by atoms with van der Waals surface area (Å²) in [5.41, 5.74) is 0.396. The Labute approximate surface area is 231 Å². The number of hydrogen-bond donors (Lipinski definition) is 2. The van der Waals surface area contributed by atoms with E-state index in [1.165, 1.54) is 19.1 Å². The van der Waals surface area contributed by atoms with E-state index >= 15 is 0 Å². The molecule has 0 unspecified atom stereocenters. The highest BCUT2D eigenvalue weighted by molar-refractivity contribution is 6.31. The normalized spacial score (nSPS) is 16.4. The maximum Gasteiger partial charge on any atom is 0.347 e. The molecule has 0 bridgehead atoms. The van der Waals surface area contributed by atoms with E-state index in [9.17, 15) is 14.8 Å². The monoisotopic (exact) mass is 558 g/mol. The number of para-hydroxylation sites is 1. The molecule has 3 aromatic carbocycles. The smallest absolute Gasteiger partial charge is 0.347 e. The van der Waals surface area contributed by atoms with Gasteiger partial charge in [0, 0.05) is 27.0 Å². The maximum atomic E-state index is 14.0. The number of nitrogens with zero attached hydrogens (tertiary/aromatic N) is 3. The van der Waals surface area contributed by atoms with Crippen LogP contribution in [0.5, 0.6) is 11.5 Å². The molecular weight excluding hydrogens is 531 g/mol. The minimum absolute atomic E-state index is 0.115. The van der Waals surface area contributed by atoms with E-state index < -0.39 is 23.8 Å². The van der Waals surface area contributed by atoms with Crippen molar-refractivity contribution in [2.45, 2.75) is 32.1 Å². The Morgan fingerprint density at radius 1 is 1.03 bits per heavy atom. The molecule has 4 rings (SSSR count). The second-order valence-electron chi connectivity index (χ2n) is 9.18. The van der Waals surface area contributed by atoms with E-state index in [1.54, 1.807) is 79.4 Å². The standard InChI is InChI=1S/C27H28Cl2N4O5/c1-27(2)24(33(36)25(34)30-20-11-6-9-18(28)14-20)32(21-12-7-10-19(29)15-21)26(35)31(27)16-17-8-5-13-22(37-3)23(17)38-4/h5-15,24,36H,16H2,1-4H3,(H,30,34)/t24-/m1/s1. The van der Waals surface area contributed by atoms with Gasteiger partial charge in [0.15, 0.2) is 17.7 Å². The van der Waals surface area contributed by atoms with Gasteiger partial charge in [-0.2, -0.15) is 5.06 Å². The lowest BCUT2D eigenvalue weighted by molar-refractivity contribution is -0.0955. The molecule has 1 atom stereocenters. The number of anilines is 2. The highest BCUT2D eigenvalue weighted by Gasteiger charge is 2.56. The minimum Gasteiger partial charge on any atom is -0.493 e. The van der Waals surface area contributed by atoms with E-state index in [0.29, 0.717) is 43.5 Å². The van der Waals surface area contributed by atoms with Crippen LogP contribution in [-0.2, 0) is 6.54 Å². The van der Waals surface area contributed by atoms with Crippen LogP contribution in [0, 0.1) is 0 Å². The number of hydrogen-bond acceptors (Lipinski definition) is 5. The number of halogens is 2. The summed E-state index contributed by atoms with van der Waals surface area (Å²) >= 11 is 12.3. The van der Waals surface area contributed by atoms with Crippen molar-refractivity contribution in [3.63, 3.8) is 0 Å². The van der Waals surface area contributed by atoms with Gasteiger partial charge in [-0.3, -0.25) is 10.1 Å². The zero-order chi connectivity index (χ0) is 27.6. The Morgan fingerprint density at radius 2 is 1.68 bits per heavy atom. The third kappa shape index (κ3) is 5.18. The van der Waals surface area contributed by atoms with Gasteiger partial charge < -0.3 is 19.7 Å². The van der Waals surface area contributed by atoms with Gasteiger partial charge in [-0.05, 0) is 56.3 Å². The third-order valence-corrected chi connectivity index (χ3v) is 6.89. The lowest BCUT2D eigenvalue weighted by Gasteiger charge is -2.38. The molecule has 3 aromatic rings. The van der Waals surface area contributed by atoms with E-state index in [1.807, 2.05) is 6.07 Å². The Kier molecular flexibility index (Phi) is 7.91. The molecule has 1 heterocycles. The molecule has 1 aliphatic rings. The molecule has 0 aromatic heterocycles. The van der Waals surface area contributed by atoms with E-state index in [2.05, 4.69) is 5.32 Å². The number of carbonyl (C=O) groups excluding carboxylic acids is 2. The molecule has 2 N–H and O–H groups in total. The second kappa shape index (κ2) is 11.0. The number of rotatable bonds is 7. The summed E-state index contributed by atoms with van der Waals surface area (Å²) in [4.78, 5) is 30.1. The number of methoxy groups -OCH3 is 2. The molecule has 0 radical (unpaired) electrons. The van der Waals surface area contributed by atoms with Crippen LogP contribution in [0.1, 0.15) is 19.4 Å². The van der Waals surface area contributed by atoms with E-state index in [0.717, 1.165) is 0 Å². The van der Waals surface area contributed by atoms with E-state index in [-0.39, 0.29) is 6.54 Å². The van der Waals surface area contributed by atoms with Crippen molar-refractivity contribution < 1.29 is 24.3 Å². The molecular formula is C27H28Cl2N4O5. The number of carbonyl (C=O) groups is 2. The number of benzene rings is 3. The first-order chi connectivity index (χ1) is 18.1. The van der Waals surface area contributed by atoms with Gasteiger partial charge in [-0.25, -0.2) is 9.59 Å². The molecule has 1 aliphatic heterocycles. The summed E-state index contributed by atoms with van der Waals surface area (Å²) in [6, 6.07) is 17.3. The largest absolute Gasteiger partial charge is 0.493 e. The van der Waals surface area contributed by atoms with Crippen LogP contribution >= 0.6 is 23.2 Å². The van der Waals surface area contributed by atoms with Crippen molar-refractivity contribution in [2.75, 3.05) is 24.4 Å². The van der Waals surface area contributed by atoms with Crippen molar-refractivity contribution in [3.05, 3.63) is 82.3 Å². The number of amides is 4. The van der Waals surface area contributed by atoms with Crippen molar-refractivity contribution in [3.8, 4) is 11.5 Å². The lowest BCUT2D eigenvalue weighted by Crippen LogP contribution is -2.58. The Balaban J connectivity index is 1.75. The Morgan fingerprint density at radius 3 is 2.32 bits per heavy atom. The summed E-state index contributed by atoms with van der Waals surface area (Å²) in [7, 11) is 3.06. The van der Waals surface area contributed by atoms with E-state index in [4.69, 9.17) is 32.7 Å². The molecule has 1 fully saturated rings. The minimum atomic E-state index is -1.13. The third-order valence-electron chi connectivity index (χ3n) is 6.42.